The third-order valence-corrected chi connectivity index (χ3v) is 6.50. The minimum absolute atomic E-state index is 0.161. The first kappa shape index (κ1) is 27.5. The van der Waals surface area contributed by atoms with E-state index in [-0.39, 0.29) is 17.4 Å². The maximum atomic E-state index is 12.8. The molecule has 0 unspecified atom stereocenters. The van der Waals surface area contributed by atoms with Gasteiger partial charge in [0.1, 0.15) is 18.0 Å². The number of ether oxygens (including phenoxy) is 2. The van der Waals surface area contributed by atoms with Crippen molar-refractivity contribution in [1.29, 1.82) is 0 Å². The van der Waals surface area contributed by atoms with Crippen molar-refractivity contribution < 1.29 is 28.7 Å². The molecule has 0 atom stereocenters. The lowest BCUT2D eigenvalue weighted by atomic mass is 10.2. The highest BCUT2D eigenvalue weighted by atomic mass is 32.2. The molecule has 9 nitrogen and oxygen atoms in total. The number of aryl methyl sites for hydroxylation is 1. The van der Waals surface area contributed by atoms with Gasteiger partial charge in [0.2, 0.25) is 5.91 Å². The third kappa shape index (κ3) is 7.48. The standard InChI is InChI=1S/C29H27N3O6S/c1-3-37-22-14-10-21(11-15-22)30-26(33)17-32-28(35)25(39-29(32)36)16-20-8-12-23(13-9-20)38-18-27(34)31-24-7-5-4-6-19(24)2/h4-16H,3,17-18H2,1-2H3,(H,30,33)(H,31,34)/b25-16-. The first-order valence-electron chi connectivity index (χ1n) is 12.2. The molecule has 0 radical (unpaired) electrons. The number of nitrogens with zero attached hydrogens (tertiary/aromatic N) is 1. The second-order valence-electron chi connectivity index (χ2n) is 8.49. The van der Waals surface area contributed by atoms with Crippen molar-refractivity contribution in [3.8, 4) is 11.5 Å². The van der Waals surface area contributed by atoms with Crippen LogP contribution in [0.15, 0.2) is 77.7 Å². The third-order valence-electron chi connectivity index (χ3n) is 5.59. The molecule has 4 rings (SSSR count). The van der Waals surface area contributed by atoms with Crippen molar-refractivity contribution in [2.24, 2.45) is 0 Å². The first-order chi connectivity index (χ1) is 18.8. The summed E-state index contributed by atoms with van der Waals surface area (Å²) in [6, 6.07) is 21.0. The summed E-state index contributed by atoms with van der Waals surface area (Å²) in [5.74, 6) is -0.162. The summed E-state index contributed by atoms with van der Waals surface area (Å²) >= 11 is 0.771. The van der Waals surface area contributed by atoms with Crippen LogP contribution in [-0.2, 0) is 14.4 Å². The Hall–Kier alpha value is -4.57. The Kier molecular flexibility index (Phi) is 9.01. The summed E-state index contributed by atoms with van der Waals surface area (Å²) < 4.78 is 10.9. The molecular weight excluding hydrogens is 518 g/mol. The van der Waals surface area contributed by atoms with Gasteiger partial charge in [-0.05, 0) is 85.3 Å². The van der Waals surface area contributed by atoms with Gasteiger partial charge >= 0.3 is 0 Å². The van der Waals surface area contributed by atoms with Gasteiger partial charge in [-0.2, -0.15) is 0 Å². The predicted octanol–water partition coefficient (Wildman–Crippen LogP) is 5.09. The van der Waals surface area contributed by atoms with Crippen molar-refractivity contribution in [2.45, 2.75) is 13.8 Å². The Morgan fingerprint density at radius 2 is 1.54 bits per heavy atom. The first-order valence-corrected chi connectivity index (χ1v) is 13.0. The topological polar surface area (TPSA) is 114 Å². The monoisotopic (exact) mass is 545 g/mol. The normalized spacial score (nSPS) is 13.9. The van der Waals surface area contributed by atoms with Crippen LogP contribution in [0.25, 0.3) is 6.08 Å². The molecule has 10 heteroatoms. The lowest BCUT2D eigenvalue weighted by Crippen LogP contribution is -2.36. The van der Waals surface area contributed by atoms with Crippen molar-refractivity contribution in [3.63, 3.8) is 0 Å². The van der Waals surface area contributed by atoms with Crippen LogP contribution in [0.5, 0.6) is 11.5 Å². The van der Waals surface area contributed by atoms with Gasteiger partial charge in [0.25, 0.3) is 17.1 Å². The Morgan fingerprint density at radius 3 is 2.23 bits per heavy atom. The molecule has 1 fully saturated rings. The molecule has 1 heterocycles. The molecule has 0 saturated carbocycles. The van der Waals surface area contributed by atoms with Crippen molar-refractivity contribution >= 4 is 52.2 Å². The minimum Gasteiger partial charge on any atom is -0.494 e. The van der Waals surface area contributed by atoms with E-state index in [4.69, 9.17) is 9.47 Å². The van der Waals surface area contributed by atoms with E-state index in [0.717, 1.165) is 27.9 Å². The van der Waals surface area contributed by atoms with Gasteiger partial charge in [0.05, 0.1) is 11.5 Å². The lowest BCUT2D eigenvalue weighted by molar-refractivity contribution is -0.127. The highest BCUT2D eigenvalue weighted by Crippen LogP contribution is 2.32. The number of imide groups is 1. The van der Waals surface area contributed by atoms with E-state index in [1.807, 2.05) is 38.1 Å². The largest absolute Gasteiger partial charge is 0.494 e. The van der Waals surface area contributed by atoms with Gasteiger partial charge < -0.3 is 20.1 Å². The Balaban J connectivity index is 1.29. The van der Waals surface area contributed by atoms with Crippen LogP contribution in [0.1, 0.15) is 18.1 Å². The van der Waals surface area contributed by atoms with Gasteiger partial charge in [0, 0.05) is 11.4 Å². The van der Waals surface area contributed by atoms with E-state index in [9.17, 15) is 19.2 Å². The maximum Gasteiger partial charge on any atom is 0.294 e. The van der Waals surface area contributed by atoms with Gasteiger partial charge in [-0.25, -0.2) is 0 Å². The number of hydrogen-bond acceptors (Lipinski definition) is 7. The number of para-hydroxylation sites is 1. The van der Waals surface area contributed by atoms with Crippen LogP contribution in [0.4, 0.5) is 16.2 Å². The van der Waals surface area contributed by atoms with Crippen LogP contribution < -0.4 is 20.1 Å². The van der Waals surface area contributed by atoms with Crippen LogP contribution in [0, 0.1) is 6.92 Å². The van der Waals surface area contributed by atoms with Crippen LogP contribution in [0.2, 0.25) is 0 Å². The fourth-order valence-electron chi connectivity index (χ4n) is 3.64. The number of amides is 4. The summed E-state index contributed by atoms with van der Waals surface area (Å²) in [4.78, 5) is 51.0. The number of carbonyl (C=O) groups is 4. The molecule has 0 aromatic heterocycles. The molecule has 200 valence electrons. The lowest BCUT2D eigenvalue weighted by Gasteiger charge is -2.12. The Bertz CT molecular complexity index is 1400. The summed E-state index contributed by atoms with van der Waals surface area (Å²) in [6.07, 6.45) is 1.57. The quantitative estimate of drug-likeness (QED) is 0.341. The van der Waals surface area contributed by atoms with E-state index >= 15 is 0 Å². The van der Waals surface area contributed by atoms with Crippen LogP contribution in [0.3, 0.4) is 0 Å². The molecular formula is C29H27N3O6S. The smallest absolute Gasteiger partial charge is 0.294 e. The fourth-order valence-corrected chi connectivity index (χ4v) is 4.48. The molecule has 0 spiro atoms. The Labute approximate surface area is 230 Å². The van der Waals surface area contributed by atoms with E-state index in [1.165, 1.54) is 0 Å². The second-order valence-corrected chi connectivity index (χ2v) is 9.49. The number of thioether (sulfide) groups is 1. The second kappa shape index (κ2) is 12.8. The fraction of sp³-hybridized carbons (Fsp3) is 0.172. The van der Waals surface area contributed by atoms with Gasteiger partial charge in [-0.15, -0.1) is 0 Å². The van der Waals surface area contributed by atoms with E-state index in [0.29, 0.717) is 29.4 Å². The zero-order valence-corrected chi connectivity index (χ0v) is 22.2. The van der Waals surface area contributed by atoms with Gasteiger partial charge in [0.15, 0.2) is 6.61 Å². The molecule has 0 bridgehead atoms. The van der Waals surface area contributed by atoms with Crippen molar-refractivity contribution in [3.05, 3.63) is 88.8 Å². The zero-order valence-electron chi connectivity index (χ0n) is 21.4. The molecule has 1 saturated heterocycles. The van der Waals surface area contributed by atoms with Crippen LogP contribution in [-0.4, -0.2) is 47.6 Å². The van der Waals surface area contributed by atoms with Gasteiger partial charge in [-0.3, -0.25) is 24.1 Å². The number of hydrogen-bond donors (Lipinski definition) is 2. The predicted molar refractivity (Wildman–Crippen MR) is 151 cm³/mol. The molecule has 1 aliphatic rings. The molecule has 39 heavy (non-hydrogen) atoms. The Morgan fingerprint density at radius 1 is 0.872 bits per heavy atom. The molecule has 2 N–H and O–H groups in total. The minimum atomic E-state index is -0.542. The molecule has 0 aliphatic carbocycles. The molecule has 1 aliphatic heterocycles. The summed E-state index contributed by atoms with van der Waals surface area (Å²) in [5, 5.41) is 4.96. The maximum absolute atomic E-state index is 12.8. The van der Waals surface area contributed by atoms with Gasteiger partial charge in [-0.1, -0.05) is 30.3 Å². The SMILES string of the molecule is CCOc1ccc(NC(=O)CN2C(=O)S/C(=C\c3ccc(OCC(=O)Nc4ccccc4C)cc3)C2=O)cc1. The number of carbonyl (C=O) groups excluding carboxylic acids is 4. The summed E-state index contributed by atoms with van der Waals surface area (Å²) in [7, 11) is 0. The number of anilines is 2. The highest BCUT2D eigenvalue weighted by molar-refractivity contribution is 8.18. The average molecular weight is 546 g/mol. The van der Waals surface area contributed by atoms with Crippen molar-refractivity contribution in [1.82, 2.24) is 4.90 Å². The van der Waals surface area contributed by atoms with Crippen LogP contribution >= 0.6 is 11.8 Å². The van der Waals surface area contributed by atoms with E-state index in [1.54, 1.807) is 54.6 Å². The molecule has 4 amide bonds. The number of nitrogens with one attached hydrogen (secondary N) is 2. The summed E-state index contributed by atoms with van der Waals surface area (Å²) in [5.41, 5.74) is 2.87. The summed E-state index contributed by atoms with van der Waals surface area (Å²) in [6.45, 7) is 3.75. The zero-order chi connectivity index (χ0) is 27.8. The van der Waals surface area contributed by atoms with E-state index in [2.05, 4.69) is 10.6 Å². The number of benzene rings is 3. The average Bonchev–Trinajstić information content (AvgIpc) is 3.18. The van der Waals surface area contributed by atoms with Crippen molar-refractivity contribution in [2.75, 3.05) is 30.4 Å². The molecule has 3 aromatic carbocycles. The number of rotatable bonds is 10. The van der Waals surface area contributed by atoms with E-state index < -0.39 is 23.6 Å². The highest BCUT2D eigenvalue weighted by Gasteiger charge is 2.36. The molecule has 3 aromatic rings.